The second-order valence-corrected chi connectivity index (χ2v) is 3.91. The molecule has 6 heteroatoms. The van der Waals surface area contributed by atoms with Crippen molar-refractivity contribution in [2.45, 2.75) is 19.8 Å². The first-order chi connectivity index (χ1) is 8.72. The number of aromatic nitrogens is 3. The second-order valence-electron chi connectivity index (χ2n) is 3.91. The molecule has 0 aromatic carbocycles. The maximum Gasteiger partial charge on any atom is 0.278 e. The third-order valence-corrected chi connectivity index (χ3v) is 2.52. The molecule has 0 fully saturated rings. The Bertz CT molecular complexity index is 535. The molecular formula is C12H15N5O. The van der Waals surface area contributed by atoms with Crippen molar-refractivity contribution in [3.05, 3.63) is 35.9 Å². The number of amides is 1. The molecule has 0 radical (unpaired) electrons. The summed E-state index contributed by atoms with van der Waals surface area (Å²) in [4.78, 5) is 15.9. The van der Waals surface area contributed by atoms with E-state index in [1.807, 2.05) is 6.92 Å². The molecular weight excluding hydrogens is 230 g/mol. The van der Waals surface area contributed by atoms with E-state index in [1.165, 1.54) is 0 Å². The van der Waals surface area contributed by atoms with Crippen molar-refractivity contribution in [1.82, 2.24) is 15.2 Å². The van der Waals surface area contributed by atoms with Gasteiger partial charge >= 0.3 is 0 Å². The molecule has 6 nitrogen and oxygen atoms in total. The second kappa shape index (κ2) is 5.31. The maximum atomic E-state index is 12.0. The molecule has 1 amide bonds. The number of pyridine rings is 1. The highest BCUT2D eigenvalue weighted by molar-refractivity contribution is 6.06. The molecule has 2 rings (SSSR count). The van der Waals surface area contributed by atoms with Crippen LogP contribution in [0.4, 0.5) is 11.4 Å². The molecule has 0 saturated heterocycles. The topological polar surface area (TPSA) is 96.7 Å². The van der Waals surface area contributed by atoms with Crippen LogP contribution in [0.2, 0.25) is 0 Å². The van der Waals surface area contributed by atoms with E-state index in [2.05, 4.69) is 20.5 Å². The third-order valence-electron chi connectivity index (χ3n) is 2.52. The lowest BCUT2D eigenvalue weighted by Gasteiger charge is -2.02. The largest absolute Gasteiger partial charge is 0.395 e. The molecule has 0 spiro atoms. The fraction of sp³-hybridized carbons (Fsp3) is 0.250. The van der Waals surface area contributed by atoms with Crippen molar-refractivity contribution in [2.75, 3.05) is 11.1 Å². The maximum absolute atomic E-state index is 12.0. The standard InChI is InChI=1S/C12H15N5O/c1-2-4-9-10(13)11(17-16-9)12(18)15-8-5-3-6-14-7-8/h3,5-7H,2,4,13H2,1H3,(H,15,18)(H,16,17). The number of H-pyrrole nitrogens is 1. The monoisotopic (exact) mass is 245 g/mol. The zero-order valence-electron chi connectivity index (χ0n) is 10.1. The zero-order chi connectivity index (χ0) is 13.0. The number of carbonyl (C=O) groups is 1. The van der Waals surface area contributed by atoms with Crippen LogP contribution in [0.1, 0.15) is 29.5 Å². The molecule has 18 heavy (non-hydrogen) atoms. The summed E-state index contributed by atoms with van der Waals surface area (Å²) in [5.41, 5.74) is 7.93. The predicted octanol–water partition coefficient (Wildman–Crippen LogP) is 1.59. The minimum absolute atomic E-state index is 0.224. The first-order valence-electron chi connectivity index (χ1n) is 5.76. The molecule has 2 aromatic rings. The van der Waals surface area contributed by atoms with Crippen LogP contribution < -0.4 is 11.1 Å². The summed E-state index contributed by atoms with van der Waals surface area (Å²) >= 11 is 0. The molecule has 0 aliphatic rings. The van der Waals surface area contributed by atoms with E-state index < -0.39 is 0 Å². The zero-order valence-corrected chi connectivity index (χ0v) is 10.1. The molecule has 4 N–H and O–H groups in total. The highest BCUT2D eigenvalue weighted by atomic mass is 16.2. The van der Waals surface area contributed by atoms with Crippen LogP contribution in [0, 0.1) is 0 Å². The molecule has 94 valence electrons. The predicted molar refractivity (Wildman–Crippen MR) is 69.2 cm³/mol. The number of nitrogens with two attached hydrogens (primary N) is 1. The lowest BCUT2D eigenvalue weighted by Crippen LogP contribution is -2.14. The van der Waals surface area contributed by atoms with Gasteiger partial charge in [0.25, 0.3) is 5.91 Å². The fourth-order valence-electron chi connectivity index (χ4n) is 1.63. The van der Waals surface area contributed by atoms with E-state index in [9.17, 15) is 4.79 Å². The van der Waals surface area contributed by atoms with Crippen LogP contribution in [-0.2, 0) is 6.42 Å². The average molecular weight is 245 g/mol. The van der Waals surface area contributed by atoms with Crippen molar-refractivity contribution in [3.63, 3.8) is 0 Å². The Hall–Kier alpha value is -2.37. The Balaban J connectivity index is 2.14. The highest BCUT2D eigenvalue weighted by Gasteiger charge is 2.16. The van der Waals surface area contributed by atoms with Crippen molar-refractivity contribution in [2.24, 2.45) is 0 Å². The smallest absolute Gasteiger partial charge is 0.278 e. The number of nitrogens with one attached hydrogen (secondary N) is 2. The Morgan fingerprint density at radius 3 is 3.06 bits per heavy atom. The quantitative estimate of drug-likeness (QED) is 0.762. The van der Waals surface area contributed by atoms with Gasteiger partial charge in [0.05, 0.1) is 23.3 Å². The summed E-state index contributed by atoms with van der Waals surface area (Å²) in [7, 11) is 0. The molecule has 0 saturated carbocycles. The third kappa shape index (κ3) is 2.48. The minimum Gasteiger partial charge on any atom is -0.395 e. The van der Waals surface area contributed by atoms with Crippen LogP contribution in [0.3, 0.4) is 0 Å². The lowest BCUT2D eigenvalue weighted by atomic mass is 10.2. The van der Waals surface area contributed by atoms with Gasteiger partial charge in [0, 0.05) is 6.20 Å². The van der Waals surface area contributed by atoms with Gasteiger partial charge in [0.15, 0.2) is 5.69 Å². The number of nitrogens with zero attached hydrogens (tertiary/aromatic N) is 2. The first-order valence-corrected chi connectivity index (χ1v) is 5.76. The summed E-state index contributed by atoms with van der Waals surface area (Å²) in [6.45, 7) is 2.04. The number of aryl methyl sites for hydroxylation is 1. The van der Waals surface area contributed by atoms with Crippen LogP contribution in [0.5, 0.6) is 0 Å². The SMILES string of the molecule is CCCc1[nH]nc(C(=O)Nc2cccnc2)c1N. The van der Waals surface area contributed by atoms with E-state index in [-0.39, 0.29) is 11.6 Å². The summed E-state index contributed by atoms with van der Waals surface area (Å²) in [6.07, 6.45) is 4.92. The molecule has 2 aromatic heterocycles. The van der Waals surface area contributed by atoms with Crippen LogP contribution in [0.15, 0.2) is 24.5 Å². The Morgan fingerprint density at radius 2 is 2.39 bits per heavy atom. The molecule has 0 atom stereocenters. The summed E-state index contributed by atoms with van der Waals surface area (Å²) in [5.74, 6) is -0.334. The van der Waals surface area contributed by atoms with Gasteiger partial charge < -0.3 is 11.1 Å². The van der Waals surface area contributed by atoms with Gasteiger partial charge in [0.1, 0.15) is 0 Å². The summed E-state index contributed by atoms with van der Waals surface area (Å²) in [6, 6.07) is 3.49. The van der Waals surface area contributed by atoms with Gasteiger partial charge in [-0.3, -0.25) is 14.9 Å². The molecule has 0 aliphatic heterocycles. The average Bonchev–Trinajstić information content (AvgIpc) is 2.73. The summed E-state index contributed by atoms with van der Waals surface area (Å²) in [5, 5.41) is 9.43. The van der Waals surface area contributed by atoms with Gasteiger partial charge in [0.2, 0.25) is 0 Å². The van der Waals surface area contributed by atoms with Gasteiger partial charge in [-0.1, -0.05) is 13.3 Å². The molecule has 0 unspecified atom stereocenters. The van der Waals surface area contributed by atoms with Crippen molar-refractivity contribution in [1.29, 1.82) is 0 Å². The van der Waals surface area contributed by atoms with E-state index >= 15 is 0 Å². The van der Waals surface area contributed by atoms with Gasteiger partial charge in [-0.2, -0.15) is 5.10 Å². The summed E-state index contributed by atoms with van der Waals surface area (Å²) < 4.78 is 0. The van der Waals surface area contributed by atoms with E-state index in [4.69, 9.17) is 5.73 Å². The van der Waals surface area contributed by atoms with Gasteiger partial charge in [-0.05, 0) is 18.6 Å². The van der Waals surface area contributed by atoms with Crippen molar-refractivity contribution < 1.29 is 4.79 Å². The van der Waals surface area contributed by atoms with E-state index in [0.29, 0.717) is 11.4 Å². The number of anilines is 2. The Kier molecular flexibility index (Phi) is 3.57. The van der Waals surface area contributed by atoms with Crippen LogP contribution in [0.25, 0.3) is 0 Å². The normalized spacial score (nSPS) is 10.3. The van der Waals surface area contributed by atoms with E-state index in [0.717, 1.165) is 18.5 Å². The first kappa shape index (κ1) is 12.1. The van der Waals surface area contributed by atoms with Crippen LogP contribution in [-0.4, -0.2) is 21.1 Å². The number of rotatable bonds is 4. The van der Waals surface area contributed by atoms with Gasteiger partial charge in [-0.25, -0.2) is 0 Å². The van der Waals surface area contributed by atoms with E-state index in [1.54, 1.807) is 24.5 Å². The van der Waals surface area contributed by atoms with Crippen LogP contribution >= 0.6 is 0 Å². The highest BCUT2D eigenvalue weighted by Crippen LogP contribution is 2.17. The van der Waals surface area contributed by atoms with Crippen molar-refractivity contribution >= 4 is 17.3 Å². The number of hydrogen-bond donors (Lipinski definition) is 3. The fourth-order valence-corrected chi connectivity index (χ4v) is 1.63. The lowest BCUT2D eigenvalue weighted by molar-refractivity contribution is 0.102. The van der Waals surface area contributed by atoms with Crippen molar-refractivity contribution in [3.8, 4) is 0 Å². The minimum atomic E-state index is -0.334. The molecule has 0 bridgehead atoms. The Morgan fingerprint density at radius 1 is 1.56 bits per heavy atom. The number of carbonyl (C=O) groups excluding carboxylic acids is 1. The number of nitrogen functional groups attached to an aromatic ring is 1. The van der Waals surface area contributed by atoms with Gasteiger partial charge in [-0.15, -0.1) is 0 Å². The number of aromatic amines is 1. The molecule has 0 aliphatic carbocycles. The number of hydrogen-bond acceptors (Lipinski definition) is 4. The Labute approximate surface area is 105 Å². The molecule has 2 heterocycles.